The maximum Gasteiger partial charge on any atom is 0.142 e. The maximum absolute atomic E-state index is 5.88. The molecule has 0 spiro atoms. The average molecular weight is 353 g/mol. The minimum Gasteiger partial charge on any atom is -0.491 e. The van der Waals surface area contributed by atoms with Crippen molar-refractivity contribution in [1.82, 2.24) is 0 Å². The van der Waals surface area contributed by atoms with Crippen LogP contribution < -0.4 is 10.5 Å². The van der Waals surface area contributed by atoms with Gasteiger partial charge in [-0.2, -0.15) is 0 Å². The lowest BCUT2D eigenvalue weighted by Crippen LogP contribution is -2.02. The summed E-state index contributed by atoms with van der Waals surface area (Å²) in [6.07, 6.45) is 2.03. The number of nitrogens with two attached hydrogens (primary N) is 1. The van der Waals surface area contributed by atoms with Crippen molar-refractivity contribution in [2.45, 2.75) is 12.8 Å². The summed E-state index contributed by atoms with van der Waals surface area (Å²) in [5.74, 6) is 0.781. The zero-order chi connectivity index (χ0) is 12.8. The molecule has 0 unspecified atom stereocenters. The zero-order valence-electron chi connectivity index (χ0n) is 10.1. The van der Waals surface area contributed by atoms with Gasteiger partial charge in [0.15, 0.2) is 0 Å². The topological polar surface area (TPSA) is 35.2 Å². The van der Waals surface area contributed by atoms with E-state index in [1.807, 2.05) is 24.3 Å². The molecule has 0 amide bonds. The van der Waals surface area contributed by atoms with E-state index in [-0.39, 0.29) is 0 Å². The van der Waals surface area contributed by atoms with Crippen LogP contribution in [0.2, 0.25) is 0 Å². The van der Waals surface area contributed by atoms with E-state index in [9.17, 15) is 0 Å². The van der Waals surface area contributed by atoms with Crippen molar-refractivity contribution in [3.63, 3.8) is 0 Å². The zero-order valence-corrected chi connectivity index (χ0v) is 12.3. The van der Waals surface area contributed by atoms with E-state index in [1.54, 1.807) is 0 Å². The van der Waals surface area contributed by atoms with Crippen LogP contribution in [0.4, 0.5) is 5.69 Å². The molecule has 0 atom stereocenters. The third-order valence-electron chi connectivity index (χ3n) is 2.68. The Morgan fingerprint density at radius 1 is 1.06 bits per heavy atom. The molecule has 0 bridgehead atoms. The van der Waals surface area contributed by atoms with Crippen molar-refractivity contribution in [3.05, 3.63) is 57.7 Å². The molecule has 2 aromatic rings. The summed E-state index contributed by atoms with van der Waals surface area (Å²) in [4.78, 5) is 0. The Kier molecular flexibility index (Phi) is 4.87. The van der Waals surface area contributed by atoms with E-state index >= 15 is 0 Å². The second-order valence-electron chi connectivity index (χ2n) is 4.12. The Bertz CT molecular complexity index is 499. The van der Waals surface area contributed by atoms with Crippen molar-refractivity contribution in [2.24, 2.45) is 0 Å². The van der Waals surface area contributed by atoms with Gasteiger partial charge < -0.3 is 10.5 Å². The SMILES string of the molecule is Nc1cc(I)ccc1OCCCc1ccccc1. The summed E-state index contributed by atoms with van der Waals surface area (Å²) in [5, 5.41) is 0. The lowest BCUT2D eigenvalue weighted by atomic mass is 10.1. The van der Waals surface area contributed by atoms with Crippen LogP contribution in [-0.4, -0.2) is 6.61 Å². The maximum atomic E-state index is 5.88. The van der Waals surface area contributed by atoms with Gasteiger partial charge in [0.05, 0.1) is 12.3 Å². The van der Waals surface area contributed by atoms with Crippen molar-refractivity contribution < 1.29 is 4.74 Å². The molecule has 18 heavy (non-hydrogen) atoms. The first-order valence-electron chi connectivity index (χ1n) is 5.97. The van der Waals surface area contributed by atoms with Crippen LogP contribution in [-0.2, 0) is 6.42 Å². The van der Waals surface area contributed by atoms with Gasteiger partial charge in [-0.1, -0.05) is 30.3 Å². The van der Waals surface area contributed by atoms with Crippen LogP contribution in [0.1, 0.15) is 12.0 Å². The predicted molar refractivity (Wildman–Crippen MR) is 83.8 cm³/mol. The summed E-state index contributed by atoms with van der Waals surface area (Å²) in [6.45, 7) is 0.694. The summed E-state index contributed by atoms with van der Waals surface area (Å²) >= 11 is 2.24. The summed E-state index contributed by atoms with van der Waals surface area (Å²) in [6, 6.07) is 16.3. The smallest absolute Gasteiger partial charge is 0.142 e. The minimum absolute atomic E-state index is 0.694. The highest BCUT2D eigenvalue weighted by Crippen LogP contribution is 2.23. The van der Waals surface area contributed by atoms with E-state index in [1.165, 1.54) is 5.56 Å². The highest BCUT2D eigenvalue weighted by Gasteiger charge is 2.00. The summed E-state index contributed by atoms with van der Waals surface area (Å²) < 4.78 is 6.81. The molecule has 2 rings (SSSR count). The van der Waals surface area contributed by atoms with Gasteiger partial charge >= 0.3 is 0 Å². The highest BCUT2D eigenvalue weighted by molar-refractivity contribution is 14.1. The van der Waals surface area contributed by atoms with Gasteiger partial charge in [-0.25, -0.2) is 0 Å². The standard InChI is InChI=1S/C15H16INO/c16-13-8-9-15(14(17)11-13)18-10-4-7-12-5-2-1-3-6-12/h1-3,5-6,8-9,11H,4,7,10,17H2. The number of ether oxygens (including phenoxy) is 1. The number of benzene rings is 2. The van der Waals surface area contributed by atoms with Gasteiger partial charge in [0.1, 0.15) is 5.75 Å². The molecule has 0 saturated carbocycles. The van der Waals surface area contributed by atoms with Gasteiger partial charge in [0.25, 0.3) is 0 Å². The molecule has 2 nitrogen and oxygen atoms in total. The summed E-state index contributed by atoms with van der Waals surface area (Å²) in [7, 11) is 0. The molecule has 0 aliphatic rings. The second kappa shape index (κ2) is 6.64. The molecule has 0 aliphatic heterocycles. The Labute approximate surface area is 121 Å². The third-order valence-corrected chi connectivity index (χ3v) is 3.35. The van der Waals surface area contributed by atoms with Gasteiger partial charge in [-0.15, -0.1) is 0 Å². The van der Waals surface area contributed by atoms with Crippen LogP contribution >= 0.6 is 22.6 Å². The van der Waals surface area contributed by atoms with Gasteiger partial charge in [-0.3, -0.25) is 0 Å². The van der Waals surface area contributed by atoms with Crippen LogP contribution in [0, 0.1) is 3.57 Å². The number of aryl methyl sites for hydroxylation is 1. The largest absolute Gasteiger partial charge is 0.491 e. The second-order valence-corrected chi connectivity index (χ2v) is 5.37. The van der Waals surface area contributed by atoms with Gasteiger partial charge in [0, 0.05) is 3.57 Å². The fourth-order valence-corrected chi connectivity index (χ4v) is 2.27. The predicted octanol–water partition coefficient (Wildman–Crippen LogP) is 3.89. The van der Waals surface area contributed by atoms with Crippen LogP contribution in [0.3, 0.4) is 0 Å². The van der Waals surface area contributed by atoms with Crippen molar-refractivity contribution >= 4 is 28.3 Å². The van der Waals surface area contributed by atoms with E-state index in [0.717, 1.165) is 22.2 Å². The van der Waals surface area contributed by atoms with Crippen LogP contribution in [0.25, 0.3) is 0 Å². The Morgan fingerprint density at radius 2 is 1.83 bits per heavy atom. The molecule has 2 aromatic carbocycles. The number of halogens is 1. The van der Waals surface area contributed by atoms with Crippen LogP contribution in [0.5, 0.6) is 5.75 Å². The average Bonchev–Trinajstić information content (AvgIpc) is 2.38. The first-order chi connectivity index (χ1) is 8.75. The molecule has 0 fully saturated rings. The fraction of sp³-hybridized carbons (Fsp3) is 0.200. The number of nitrogen functional groups attached to an aromatic ring is 1. The quantitative estimate of drug-likeness (QED) is 0.503. The number of hydrogen-bond acceptors (Lipinski definition) is 2. The normalized spacial score (nSPS) is 10.3. The number of hydrogen-bond donors (Lipinski definition) is 1. The highest BCUT2D eigenvalue weighted by atomic mass is 127. The fourth-order valence-electron chi connectivity index (χ4n) is 1.75. The Hall–Kier alpha value is -1.23. The van der Waals surface area contributed by atoms with E-state index in [2.05, 4.69) is 46.9 Å². The molecule has 0 heterocycles. The van der Waals surface area contributed by atoms with Gasteiger partial charge in [-0.05, 0) is 59.2 Å². The van der Waals surface area contributed by atoms with Crippen molar-refractivity contribution in [2.75, 3.05) is 12.3 Å². The first-order valence-corrected chi connectivity index (χ1v) is 7.05. The lowest BCUT2D eigenvalue weighted by molar-refractivity contribution is 0.312. The summed E-state index contributed by atoms with van der Waals surface area (Å²) in [5.41, 5.74) is 7.94. The van der Waals surface area contributed by atoms with Crippen LogP contribution in [0.15, 0.2) is 48.5 Å². The first kappa shape index (κ1) is 13.2. The Balaban J connectivity index is 1.79. The third kappa shape index (κ3) is 3.91. The van der Waals surface area contributed by atoms with Crippen molar-refractivity contribution in [1.29, 1.82) is 0 Å². The monoisotopic (exact) mass is 353 g/mol. The number of rotatable bonds is 5. The molecule has 94 valence electrons. The van der Waals surface area contributed by atoms with E-state index in [4.69, 9.17) is 10.5 Å². The molecular formula is C15H16INO. The van der Waals surface area contributed by atoms with E-state index < -0.39 is 0 Å². The number of anilines is 1. The molecule has 0 radical (unpaired) electrons. The molecule has 0 aromatic heterocycles. The van der Waals surface area contributed by atoms with Crippen molar-refractivity contribution in [3.8, 4) is 5.75 Å². The molecule has 0 saturated heterocycles. The molecule has 2 N–H and O–H groups in total. The molecule has 3 heteroatoms. The lowest BCUT2D eigenvalue weighted by Gasteiger charge is -2.09. The Morgan fingerprint density at radius 3 is 2.56 bits per heavy atom. The minimum atomic E-state index is 0.694. The van der Waals surface area contributed by atoms with Gasteiger partial charge in [0.2, 0.25) is 0 Å². The van der Waals surface area contributed by atoms with E-state index in [0.29, 0.717) is 12.3 Å². The molecule has 0 aliphatic carbocycles. The molecular weight excluding hydrogens is 337 g/mol.